The zero-order valence-electron chi connectivity index (χ0n) is 9.21. The molecule has 0 heterocycles. The van der Waals surface area contributed by atoms with Crippen LogP contribution in [0, 0.1) is 0 Å². The fraction of sp³-hybridized carbons (Fsp3) is 0.417. The highest BCUT2D eigenvalue weighted by Crippen LogP contribution is 2.26. The number of aliphatic carboxylic acids is 1. The third kappa shape index (κ3) is 3.02. The lowest BCUT2D eigenvalue weighted by Gasteiger charge is -2.13. The zero-order valence-corrected chi connectivity index (χ0v) is 9.21. The maximum Gasteiger partial charge on any atom is 0.307 e. The summed E-state index contributed by atoms with van der Waals surface area (Å²) in [6.07, 6.45) is -2.78. The van der Waals surface area contributed by atoms with E-state index in [-0.39, 0.29) is 17.9 Å². The van der Waals surface area contributed by atoms with Crippen molar-refractivity contribution in [2.24, 2.45) is 0 Å². The molecular formula is C12H14F2O2. The molecule has 16 heavy (non-hydrogen) atoms. The normalized spacial score (nSPS) is 11.1. The molecule has 88 valence electrons. The van der Waals surface area contributed by atoms with Crippen molar-refractivity contribution in [1.29, 1.82) is 0 Å². The van der Waals surface area contributed by atoms with Gasteiger partial charge in [0.15, 0.2) is 0 Å². The molecule has 2 nitrogen and oxygen atoms in total. The molecular weight excluding hydrogens is 214 g/mol. The Morgan fingerprint density at radius 2 is 2.00 bits per heavy atom. The van der Waals surface area contributed by atoms with Crippen molar-refractivity contribution in [2.75, 3.05) is 0 Å². The largest absolute Gasteiger partial charge is 0.481 e. The van der Waals surface area contributed by atoms with E-state index in [1.807, 2.05) is 13.8 Å². The molecule has 0 aliphatic heterocycles. The molecule has 4 heteroatoms. The molecule has 1 aromatic rings. The molecule has 1 N–H and O–H groups in total. The molecule has 0 amide bonds. The molecule has 0 unspecified atom stereocenters. The highest BCUT2D eigenvalue weighted by molar-refractivity contribution is 5.71. The van der Waals surface area contributed by atoms with Gasteiger partial charge in [-0.1, -0.05) is 26.0 Å². The van der Waals surface area contributed by atoms with Crippen LogP contribution in [0.1, 0.15) is 42.9 Å². The van der Waals surface area contributed by atoms with Crippen LogP contribution in [0.15, 0.2) is 18.2 Å². The topological polar surface area (TPSA) is 37.3 Å². The highest BCUT2D eigenvalue weighted by atomic mass is 19.3. The predicted octanol–water partition coefficient (Wildman–Crippen LogP) is 3.37. The van der Waals surface area contributed by atoms with Crippen molar-refractivity contribution in [3.05, 3.63) is 34.9 Å². The van der Waals surface area contributed by atoms with Crippen molar-refractivity contribution < 1.29 is 18.7 Å². The van der Waals surface area contributed by atoms with E-state index in [0.29, 0.717) is 5.56 Å². The predicted molar refractivity (Wildman–Crippen MR) is 56.8 cm³/mol. The van der Waals surface area contributed by atoms with Gasteiger partial charge in [0.25, 0.3) is 6.43 Å². The average molecular weight is 228 g/mol. The molecule has 0 radical (unpaired) electrons. The maximum absolute atomic E-state index is 12.5. The van der Waals surface area contributed by atoms with Gasteiger partial charge in [-0.05, 0) is 23.1 Å². The van der Waals surface area contributed by atoms with Gasteiger partial charge < -0.3 is 5.11 Å². The van der Waals surface area contributed by atoms with Gasteiger partial charge in [0.05, 0.1) is 6.42 Å². The molecule has 1 rings (SSSR count). The van der Waals surface area contributed by atoms with E-state index in [1.54, 1.807) is 6.07 Å². The number of carboxylic acids is 1. The summed E-state index contributed by atoms with van der Waals surface area (Å²) in [6.45, 7) is 3.81. The first-order valence-electron chi connectivity index (χ1n) is 5.04. The molecule has 0 bridgehead atoms. The van der Waals surface area contributed by atoms with Gasteiger partial charge in [0.2, 0.25) is 0 Å². The molecule has 0 aliphatic carbocycles. The van der Waals surface area contributed by atoms with Crippen LogP contribution in [0.5, 0.6) is 0 Å². The van der Waals surface area contributed by atoms with Gasteiger partial charge in [-0.25, -0.2) is 8.78 Å². The number of hydrogen-bond donors (Lipinski definition) is 1. The van der Waals surface area contributed by atoms with Crippen LogP contribution in [-0.4, -0.2) is 11.1 Å². The van der Waals surface area contributed by atoms with E-state index in [4.69, 9.17) is 5.11 Å². The molecule has 0 aliphatic rings. The Bertz CT molecular complexity index is 387. The molecule has 0 fully saturated rings. The third-order valence-electron chi connectivity index (χ3n) is 2.38. The van der Waals surface area contributed by atoms with Gasteiger partial charge >= 0.3 is 5.97 Å². The Morgan fingerprint density at radius 3 is 2.44 bits per heavy atom. The van der Waals surface area contributed by atoms with Gasteiger partial charge in [-0.15, -0.1) is 0 Å². The maximum atomic E-state index is 12.5. The van der Waals surface area contributed by atoms with Crippen molar-refractivity contribution in [1.82, 2.24) is 0 Å². The Labute approximate surface area is 92.9 Å². The van der Waals surface area contributed by atoms with Crippen LogP contribution in [0.3, 0.4) is 0 Å². The first kappa shape index (κ1) is 12.6. The number of carbonyl (C=O) groups is 1. The van der Waals surface area contributed by atoms with Crippen molar-refractivity contribution in [2.45, 2.75) is 32.6 Å². The summed E-state index contributed by atoms with van der Waals surface area (Å²) < 4.78 is 24.9. The molecule has 1 aromatic carbocycles. The van der Waals surface area contributed by atoms with Crippen LogP contribution in [0.2, 0.25) is 0 Å². The fourth-order valence-corrected chi connectivity index (χ4v) is 1.64. The average Bonchev–Trinajstić information content (AvgIpc) is 2.15. The van der Waals surface area contributed by atoms with Crippen molar-refractivity contribution in [3.8, 4) is 0 Å². The van der Waals surface area contributed by atoms with Crippen LogP contribution in [-0.2, 0) is 11.2 Å². The molecule has 0 saturated heterocycles. The van der Waals surface area contributed by atoms with Crippen LogP contribution < -0.4 is 0 Å². The SMILES string of the molecule is CC(C)c1ccc(C(F)F)cc1CC(=O)O. The number of benzene rings is 1. The summed E-state index contributed by atoms with van der Waals surface area (Å²) in [6, 6.07) is 4.23. The van der Waals surface area contributed by atoms with Gasteiger partial charge in [0.1, 0.15) is 0 Å². The summed E-state index contributed by atoms with van der Waals surface area (Å²) >= 11 is 0. The number of alkyl halides is 2. The van der Waals surface area contributed by atoms with E-state index >= 15 is 0 Å². The van der Waals surface area contributed by atoms with E-state index in [9.17, 15) is 13.6 Å². The quantitative estimate of drug-likeness (QED) is 0.857. The molecule has 0 aromatic heterocycles. The van der Waals surface area contributed by atoms with Crippen molar-refractivity contribution >= 4 is 5.97 Å². The zero-order chi connectivity index (χ0) is 12.3. The Kier molecular flexibility index (Phi) is 3.99. The van der Waals surface area contributed by atoms with Crippen LogP contribution >= 0.6 is 0 Å². The number of halogens is 2. The lowest BCUT2D eigenvalue weighted by Crippen LogP contribution is -2.05. The number of hydrogen-bond acceptors (Lipinski definition) is 1. The first-order valence-corrected chi connectivity index (χ1v) is 5.04. The summed E-state index contributed by atoms with van der Waals surface area (Å²) in [5.74, 6) is -0.880. The Hall–Kier alpha value is -1.45. The molecule has 0 atom stereocenters. The van der Waals surface area contributed by atoms with Crippen LogP contribution in [0.4, 0.5) is 8.78 Å². The van der Waals surface area contributed by atoms with E-state index in [0.717, 1.165) is 5.56 Å². The Morgan fingerprint density at radius 1 is 1.38 bits per heavy atom. The summed E-state index contributed by atoms with van der Waals surface area (Å²) in [5, 5.41) is 8.72. The third-order valence-corrected chi connectivity index (χ3v) is 2.38. The second-order valence-electron chi connectivity index (χ2n) is 3.98. The van der Waals surface area contributed by atoms with E-state index in [2.05, 4.69) is 0 Å². The fourth-order valence-electron chi connectivity index (χ4n) is 1.64. The monoisotopic (exact) mass is 228 g/mol. The lowest BCUT2D eigenvalue weighted by atomic mass is 9.93. The summed E-state index contributed by atoms with van der Waals surface area (Å²) in [5.41, 5.74) is 1.16. The lowest BCUT2D eigenvalue weighted by molar-refractivity contribution is -0.136. The standard InChI is InChI=1S/C12H14F2O2/c1-7(2)10-4-3-8(12(13)14)5-9(10)6-11(15)16/h3-5,7,12H,6H2,1-2H3,(H,15,16). The van der Waals surface area contributed by atoms with Crippen LogP contribution in [0.25, 0.3) is 0 Å². The van der Waals surface area contributed by atoms with Gasteiger partial charge in [0, 0.05) is 5.56 Å². The second kappa shape index (κ2) is 5.05. The number of carboxylic acid groups (broad SMARTS) is 1. The smallest absolute Gasteiger partial charge is 0.307 e. The second-order valence-corrected chi connectivity index (χ2v) is 3.98. The van der Waals surface area contributed by atoms with Gasteiger partial charge in [-0.2, -0.15) is 0 Å². The Balaban J connectivity index is 3.15. The number of rotatable bonds is 4. The van der Waals surface area contributed by atoms with Gasteiger partial charge in [-0.3, -0.25) is 4.79 Å². The highest BCUT2D eigenvalue weighted by Gasteiger charge is 2.14. The molecule has 0 saturated carbocycles. The van der Waals surface area contributed by atoms with E-state index in [1.165, 1.54) is 12.1 Å². The minimum Gasteiger partial charge on any atom is -0.481 e. The first-order chi connectivity index (χ1) is 7.41. The summed E-state index contributed by atoms with van der Waals surface area (Å²) in [4.78, 5) is 10.6. The molecule has 0 spiro atoms. The minimum absolute atomic E-state index is 0.124. The van der Waals surface area contributed by atoms with Crippen molar-refractivity contribution in [3.63, 3.8) is 0 Å². The summed E-state index contributed by atoms with van der Waals surface area (Å²) in [7, 11) is 0. The minimum atomic E-state index is -2.56. The van der Waals surface area contributed by atoms with E-state index < -0.39 is 12.4 Å².